The van der Waals surface area contributed by atoms with Gasteiger partial charge in [0.1, 0.15) is 11.6 Å². The van der Waals surface area contributed by atoms with Crippen LogP contribution in [0.25, 0.3) is 11.0 Å². The summed E-state index contributed by atoms with van der Waals surface area (Å²) in [5.74, 6) is -1.06. The minimum absolute atomic E-state index is 0.0964. The van der Waals surface area contributed by atoms with Crippen molar-refractivity contribution < 1.29 is 33.0 Å². The number of methoxy groups -OCH3 is 1. The van der Waals surface area contributed by atoms with Crippen molar-refractivity contribution in [2.75, 3.05) is 27.8 Å². The largest absolute Gasteiger partial charge is 0.453 e. The maximum Gasteiger partial charge on any atom is 0.420 e. The molecular weight excluding hydrogens is 537 g/mol. The van der Waals surface area contributed by atoms with Gasteiger partial charge in [-0.3, -0.25) is 14.4 Å². The molecule has 13 heteroatoms. The monoisotopic (exact) mass is 569 g/mol. The Bertz CT molecular complexity index is 1530. The van der Waals surface area contributed by atoms with Gasteiger partial charge in [-0.1, -0.05) is 12.1 Å². The highest BCUT2D eigenvalue weighted by Gasteiger charge is 2.23. The molecule has 0 saturated heterocycles. The van der Waals surface area contributed by atoms with E-state index in [-0.39, 0.29) is 48.8 Å². The SMILES string of the molecule is CCOC(=O)n1c(Cn2cccc(CC(=O)[C@H](CC/C=C/C(=O)N(C)C)NC(=O)OC)c2=O)nc2cc(F)ccc21. The first-order valence-corrected chi connectivity index (χ1v) is 12.8. The number of benzene rings is 1. The maximum atomic E-state index is 13.8. The number of nitrogens with one attached hydrogen (secondary N) is 1. The maximum absolute atomic E-state index is 13.8. The molecule has 0 unspecified atom stereocenters. The van der Waals surface area contributed by atoms with Crippen LogP contribution in [0.1, 0.15) is 31.2 Å². The van der Waals surface area contributed by atoms with Gasteiger partial charge < -0.3 is 24.3 Å². The van der Waals surface area contributed by atoms with Crippen LogP contribution in [0.4, 0.5) is 14.0 Å². The second-order valence-corrected chi connectivity index (χ2v) is 9.21. The van der Waals surface area contributed by atoms with Gasteiger partial charge >= 0.3 is 12.2 Å². The molecule has 0 aliphatic carbocycles. The van der Waals surface area contributed by atoms with Crippen molar-refractivity contribution >= 4 is 34.9 Å². The summed E-state index contributed by atoms with van der Waals surface area (Å²) in [5.41, 5.74) is 0.169. The van der Waals surface area contributed by atoms with Gasteiger partial charge in [0, 0.05) is 38.3 Å². The molecule has 0 bridgehead atoms. The molecule has 3 rings (SSSR count). The summed E-state index contributed by atoms with van der Waals surface area (Å²) in [6.07, 6.45) is 3.09. The van der Waals surface area contributed by atoms with Gasteiger partial charge in [-0.05, 0) is 44.0 Å². The van der Waals surface area contributed by atoms with Gasteiger partial charge in [0.2, 0.25) is 5.91 Å². The number of Topliss-reactive ketones (excluding diaryl/α,β-unsaturated/α-hetero) is 1. The zero-order valence-corrected chi connectivity index (χ0v) is 23.3. The van der Waals surface area contributed by atoms with Crippen LogP contribution < -0.4 is 10.9 Å². The van der Waals surface area contributed by atoms with Gasteiger partial charge in [0.05, 0.1) is 37.3 Å². The molecule has 12 nitrogen and oxygen atoms in total. The third-order valence-corrected chi connectivity index (χ3v) is 6.10. The Balaban J connectivity index is 1.85. The first kappa shape index (κ1) is 30.7. The third kappa shape index (κ3) is 7.87. The molecule has 41 heavy (non-hydrogen) atoms. The Morgan fingerprint density at radius 1 is 1.20 bits per heavy atom. The third-order valence-electron chi connectivity index (χ3n) is 6.10. The molecule has 1 atom stereocenters. The molecular formula is C28H32FN5O7. The fourth-order valence-electron chi connectivity index (χ4n) is 4.02. The number of rotatable bonds is 11. The Labute approximate surface area is 235 Å². The predicted octanol–water partition coefficient (Wildman–Crippen LogP) is 2.65. The van der Waals surface area contributed by atoms with E-state index < -0.39 is 35.4 Å². The van der Waals surface area contributed by atoms with E-state index in [1.54, 1.807) is 33.2 Å². The Morgan fingerprint density at radius 2 is 1.95 bits per heavy atom. The number of alkyl carbamates (subject to hydrolysis) is 1. The van der Waals surface area contributed by atoms with E-state index in [2.05, 4.69) is 15.0 Å². The van der Waals surface area contributed by atoms with E-state index in [9.17, 15) is 28.4 Å². The molecule has 3 aromatic rings. The van der Waals surface area contributed by atoms with Crippen LogP contribution in [0.2, 0.25) is 0 Å². The molecule has 2 aromatic heterocycles. The first-order chi connectivity index (χ1) is 19.5. The standard InChI is InChI=1S/C28H32FN5O7/c1-5-41-28(39)34-22-13-12-19(29)16-21(22)30-24(34)17-33-14-8-9-18(26(33)37)15-23(35)20(31-27(38)40-4)10-6-7-11-25(36)32(2)3/h7-9,11-14,16,20H,5-6,10,15,17H2,1-4H3,(H,31,38)/b11-7+/t20-/m0/s1. The Hall–Kier alpha value is -4.81. The normalized spacial score (nSPS) is 11.8. The summed E-state index contributed by atoms with van der Waals surface area (Å²) < 4.78 is 26.0. The van der Waals surface area contributed by atoms with Crippen LogP contribution in [0.3, 0.4) is 0 Å². The number of pyridine rings is 1. The summed E-state index contributed by atoms with van der Waals surface area (Å²) in [6, 6.07) is 5.85. The van der Waals surface area contributed by atoms with Crippen molar-refractivity contribution in [3.05, 3.63) is 76.2 Å². The van der Waals surface area contributed by atoms with E-state index in [1.165, 1.54) is 57.7 Å². The van der Waals surface area contributed by atoms with Gasteiger partial charge in [-0.15, -0.1) is 0 Å². The minimum Gasteiger partial charge on any atom is -0.453 e. The fraction of sp³-hybridized carbons (Fsp3) is 0.357. The number of ether oxygens (including phenoxy) is 2. The average Bonchev–Trinajstić information content (AvgIpc) is 3.29. The number of amides is 2. The fourth-order valence-corrected chi connectivity index (χ4v) is 4.02. The topological polar surface area (TPSA) is 142 Å². The number of hydrogen-bond donors (Lipinski definition) is 1. The van der Waals surface area contributed by atoms with Crippen molar-refractivity contribution in [3.63, 3.8) is 0 Å². The van der Waals surface area contributed by atoms with E-state index in [4.69, 9.17) is 4.74 Å². The number of fused-ring (bicyclic) bond motifs is 1. The summed E-state index contributed by atoms with van der Waals surface area (Å²) in [5, 5.41) is 2.48. The second-order valence-electron chi connectivity index (χ2n) is 9.21. The van der Waals surface area contributed by atoms with Crippen molar-refractivity contribution in [2.24, 2.45) is 0 Å². The second kappa shape index (κ2) is 14.0. The number of allylic oxidation sites excluding steroid dienone is 1. The lowest BCUT2D eigenvalue weighted by atomic mass is 10.0. The lowest BCUT2D eigenvalue weighted by molar-refractivity contribution is -0.123. The number of nitrogens with zero attached hydrogens (tertiary/aromatic N) is 4. The molecule has 218 valence electrons. The van der Waals surface area contributed by atoms with Crippen molar-refractivity contribution in [1.82, 2.24) is 24.3 Å². The van der Waals surface area contributed by atoms with E-state index in [1.807, 2.05) is 0 Å². The van der Waals surface area contributed by atoms with Crippen molar-refractivity contribution in [1.29, 1.82) is 0 Å². The van der Waals surface area contributed by atoms with Gasteiger partial charge in [-0.2, -0.15) is 0 Å². The highest BCUT2D eigenvalue weighted by Crippen LogP contribution is 2.19. The van der Waals surface area contributed by atoms with Crippen LogP contribution in [-0.2, 0) is 32.0 Å². The number of aromatic nitrogens is 3. The van der Waals surface area contributed by atoms with Crippen LogP contribution in [0, 0.1) is 5.82 Å². The molecule has 0 radical (unpaired) electrons. The molecule has 0 aliphatic rings. The molecule has 1 aromatic carbocycles. The number of hydrogen-bond acceptors (Lipinski definition) is 8. The average molecular weight is 570 g/mol. The molecule has 0 fully saturated rings. The number of imidazole rings is 1. The molecule has 0 saturated carbocycles. The highest BCUT2D eigenvalue weighted by atomic mass is 19.1. The van der Waals surface area contributed by atoms with Crippen molar-refractivity contribution in [3.8, 4) is 0 Å². The lowest BCUT2D eigenvalue weighted by Crippen LogP contribution is -2.42. The van der Waals surface area contributed by atoms with E-state index in [0.29, 0.717) is 11.9 Å². The Kier molecular flexibility index (Phi) is 10.5. The van der Waals surface area contributed by atoms with Gasteiger partial charge in [-0.25, -0.2) is 23.5 Å². The number of ketones is 1. The summed E-state index contributed by atoms with van der Waals surface area (Å²) in [7, 11) is 4.38. The predicted molar refractivity (Wildman–Crippen MR) is 147 cm³/mol. The molecule has 0 aliphatic heterocycles. The number of carbonyl (C=O) groups excluding carboxylic acids is 4. The molecule has 2 heterocycles. The number of carbonyl (C=O) groups is 4. The van der Waals surface area contributed by atoms with Crippen LogP contribution in [0.5, 0.6) is 0 Å². The Morgan fingerprint density at radius 3 is 2.63 bits per heavy atom. The summed E-state index contributed by atoms with van der Waals surface area (Å²) in [4.78, 5) is 68.5. The summed E-state index contributed by atoms with van der Waals surface area (Å²) in [6.45, 7) is 1.58. The molecule has 1 N–H and O–H groups in total. The first-order valence-electron chi connectivity index (χ1n) is 12.8. The quantitative estimate of drug-likeness (QED) is 0.348. The van der Waals surface area contributed by atoms with E-state index >= 15 is 0 Å². The van der Waals surface area contributed by atoms with Crippen LogP contribution in [0.15, 0.2) is 53.5 Å². The molecule has 0 spiro atoms. The zero-order valence-electron chi connectivity index (χ0n) is 23.3. The van der Waals surface area contributed by atoms with E-state index in [0.717, 1.165) is 0 Å². The van der Waals surface area contributed by atoms with Gasteiger partial charge in [0.15, 0.2) is 5.78 Å². The number of halogens is 1. The summed E-state index contributed by atoms with van der Waals surface area (Å²) >= 11 is 0. The minimum atomic E-state index is -0.975. The smallest absolute Gasteiger partial charge is 0.420 e. The lowest BCUT2D eigenvalue weighted by Gasteiger charge is -2.16. The van der Waals surface area contributed by atoms with Gasteiger partial charge in [0.25, 0.3) is 5.56 Å². The van der Waals surface area contributed by atoms with Crippen LogP contribution in [-0.4, -0.2) is 76.7 Å². The molecule has 2 amide bonds. The van der Waals surface area contributed by atoms with Crippen LogP contribution >= 0.6 is 0 Å². The highest BCUT2D eigenvalue weighted by molar-refractivity contribution is 5.89. The van der Waals surface area contributed by atoms with Crippen molar-refractivity contribution in [2.45, 2.75) is 38.8 Å². The number of likely N-dealkylation sites (N-methyl/N-ethyl adjacent to an activating group) is 1. The zero-order chi connectivity index (χ0) is 30.1.